The van der Waals surface area contributed by atoms with Gasteiger partial charge in [-0.25, -0.2) is 4.79 Å². The molecule has 0 unspecified atom stereocenters. The first-order chi connectivity index (χ1) is 13.6. The van der Waals surface area contributed by atoms with Gasteiger partial charge in [0.1, 0.15) is 6.61 Å². The van der Waals surface area contributed by atoms with Crippen LogP contribution in [0.1, 0.15) is 6.42 Å². The fourth-order valence-electron chi connectivity index (χ4n) is 2.76. The van der Waals surface area contributed by atoms with E-state index < -0.39 is 5.76 Å². The number of nitrogens with zero attached hydrogens (tertiary/aromatic N) is 1. The van der Waals surface area contributed by atoms with E-state index in [-0.39, 0.29) is 18.9 Å². The summed E-state index contributed by atoms with van der Waals surface area (Å²) >= 11 is 0. The lowest BCUT2D eigenvalue weighted by molar-refractivity contribution is -0.116. The lowest BCUT2D eigenvalue weighted by Gasteiger charge is -2.13. The van der Waals surface area contributed by atoms with Gasteiger partial charge in [0.2, 0.25) is 5.91 Å². The number of carbonyl (C=O) groups excluding carboxylic acids is 1. The number of hydrogen-bond acceptors (Lipinski definition) is 6. The number of hydrogen-bond donors (Lipinski definition) is 1. The number of aromatic nitrogens is 1. The molecule has 1 heterocycles. The molecule has 0 saturated carbocycles. The Balaban J connectivity index is 1.65. The number of anilines is 1. The van der Waals surface area contributed by atoms with Crippen LogP contribution < -0.4 is 20.5 Å². The quantitative estimate of drug-likeness (QED) is 0.569. The van der Waals surface area contributed by atoms with Gasteiger partial charge in [0.25, 0.3) is 0 Å². The van der Waals surface area contributed by atoms with Crippen LogP contribution in [0.2, 0.25) is 0 Å². The molecule has 0 atom stereocenters. The molecule has 0 aliphatic carbocycles. The van der Waals surface area contributed by atoms with E-state index in [1.807, 2.05) is 6.07 Å². The van der Waals surface area contributed by atoms with Crippen LogP contribution in [0.5, 0.6) is 11.5 Å². The van der Waals surface area contributed by atoms with Gasteiger partial charge in [0, 0.05) is 31.8 Å². The zero-order chi connectivity index (χ0) is 19.9. The van der Waals surface area contributed by atoms with Crippen LogP contribution in [0.25, 0.3) is 11.1 Å². The molecule has 148 valence electrons. The molecule has 0 bridgehead atoms. The highest BCUT2D eigenvalue weighted by molar-refractivity contribution is 5.91. The Kier molecular flexibility index (Phi) is 6.33. The van der Waals surface area contributed by atoms with Crippen LogP contribution in [0, 0.1) is 0 Å². The third kappa shape index (κ3) is 4.52. The van der Waals surface area contributed by atoms with E-state index in [9.17, 15) is 9.59 Å². The van der Waals surface area contributed by atoms with E-state index >= 15 is 0 Å². The average molecular weight is 386 g/mol. The monoisotopic (exact) mass is 386 g/mol. The highest BCUT2D eigenvalue weighted by Crippen LogP contribution is 2.30. The fourth-order valence-corrected chi connectivity index (χ4v) is 2.76. The summed E-state index contributed by atoms with van der Waals surface area (Å²) in [6.07, 6.45) is 0.120. The summed E-state index contributed by atoms with van der Waals surface area (Å²) in [5, 5.41) is 2.80. The Labute approximate surface area is 161 Å². The van der Waals surface area contributed by atoms with Gasteiger partial charge in [-0.1, -0.05) is 12.1 Å². The number of rotatable bonds is 9. The van der Waals surface area contributed by atoms with Crippen LogP contribution >= 0.6 is 0 Å². The maximum Gasteiger partial charge on any atom is 0.419 e. The highest BCUT2D eigenvalue weighted by atomic mass is 16.5. The summed E-state index contributed by atoms with van der Waals surface area (Å²) < 4.78 is 22.5. The number of nitrogens with one attached hydrogen (secondary N) is 1. The molecule has 0 aliphatic rings. The molecule has 0 saturated heterocycles. The second kappa shape index (κ2) is 9.09. The molecule has 1 N–H and O–H groups in total. The van der Waals surface area contributed by atoms with E-state index in [0.717, 1.165) is 0 Å². The molecule has 3 rings (SSSR count). The largest absolute Gasteiger partial charge is 0.493 e. The number of para-hydroxylation sites is 2. The third-order valence-corrected chi connectivity index (χ3v) is 4.13. The molecule has 0 fully saturated rings. The molecule has 0 aliphatic heterocycles. The maximum atomic E-state index is 12.3. The van der Waals surface area contributed by atoms with Crippen molar-refractivity contribution in [3.63, 3.8) is 0 Å². The summed E-state index contributed by atoms with van der Waals surface area (Å²) in [6, 6.07) is 12.2. The summed E-state index contributed by atoms with van der Waals surface area (Å²) in [5.41, 5.74) is 1.74. The number of aryl methyl sites for hydroxylation is 1. The van der Waals surface area contributed by atoms with Crippen LogP contribution in [-0.2, 0) is 16.1 Å². The minimum atomic E-state index is -0.479. The number of carbonyl (C=O) groups is 1. The number of benzene rings is 2. The number of fused-ring (bicyclic) bond motifs is 1. The normalized spacial score (nSPS) is 10.8. The van der Waals surface area contributed by atoms with Gasteiger partial charge in [-0.15, -0.1) is 0 Å². The standard InChI is InChI=1S/C20H22N2O6/c1-25-11-12-27-18-13-14(7-8-17(18)26-2)21-19(23)9-10-22-15-5-3-4-6-16(15)28-20(22)24/h3-8,13H,9-12H2,1-2H3,(H,21,23). The highest BCUT2D eigenvalue weighted by Gasteiger charge is 2.12. The first-order valence-electron chi connectivity index (χ1n) is 8.80. The zero-order valence-electron chi connectivity index (χ0n) is 15.8. The second-order valence-corrected chi connectivity index (χ2v) is 5.99. The maximum absolute atomic E-state index is 12.3. The van der Waals surface area contributed by atoms with Crippen molar-refractivity contribution in [3.05, 3.63) is 53.0 Å². The van der Waals surface area contributed by atoms with E-state index in [0.29, 0.717) is 41.5 Å². The predicted octanol–water partition coefficient (Wildman–Crippen LogP) is 2.66. The predicted molar refractivity (Wildman–Crippen MR) is 104 cm³/mol. The molecule has 0 spiro atoms. The molecular formula is C20H22N2O6. The molecule has 2 aromatic carbocycles. The van der Waals surface area contributed by atoms with Gasteiger partial charge in [0.15, 0.2) is 17.1 Å². The van der Waals surface area contributed by atoms with E-state index in [2.05, 4.69) is 5.32 Å². The van der Waals surface area contributed by atoms with Crippen molar-refractivity contribution in [1.29, 1.82) is 0 Å². The van der Waals surface area contributed by atoms with Crippen molar-refractivity contribution in [1.82, 2.24) is 4.57 Å². The summed E-state index contributed by atoms with van der Waals surface area (Å²) in [5.74, 6) is 0.359. The number of methoxy groups -OCH3 is 2. The molecular weight excluding hydrogens is 364 g/mol. The van der Waals surface area contributed by atoms with E-state index in [1.54, 1.807) is 50.6 Å². The summed E-state index contributed by atoms with van der Waals surface area (Å²) in [7, 11) is 3.13. The Morgan fingerprint density at radius 3 is 2.71 bits per heavy atom. The Bertz CT molecular complexity index is 1010. The Morgan fingerprint density at radius 2 is 1.93 bits per heavy atom. The van der Waals surface area contributed by atoms with Gasteiger partial charge < -0.3 is 23.9 Å². The van der Waals surface area contributed by atoms with Crippen molar-refractivity contribution in [3.8, 4) is 11.5 Å². The number of oxazole rings is 1. The van der Waals surface area contributed by atoms with Gasteiger partial charge in [-0.2, -0.15) is 0 Å². The first kappa shape index (κ1) is 19.5. The van der Waals surface area contributed by atoms with Crippen molar-refractivity contribution >= 4 is 22.7 Å². The molecule has 1 amide bonds. The average Bonchev–Trinajstić information content (AvgIpc) is 3.02. The van der Waals surface area contributed by atoms with Crippen molar-refractivity contribution in [2.45, 2.75) is 13.0 Å². The van der Waals surface area contributed by atoms with E-state index in [4.69, 9.17) is 18.6 Å². The van der Waals surface area contributed by atoms with Gasteiger partial charge in [0.05, 0.1) is 19.2 Å². The van der Waals surface area contributed by atoms with Crippen molar-refractivity contribution < 1.29 is 23.4 Å². The third-order valence-electron chi connectivity index (χ3n) is 4.13. The summed E-state index contributed by atoms with van der Waals surface area (Å²) in [4.78, 5) is 24.3. The number of amides is 1. The fraction of sp³-hybridized carbons (Fsp3) is 0.300. The lowest BCUT2D eigenvalue weighted by atomic mass is 10.2. The smallest absolute Gasteiger partial charge is 0.419 e. The van der Waals surface area contributed by atoms with E-state index in [1.165, 1.54) is 4.57 Å². The van der Waals surface area contributed by atoms with Crippen molar-refractivity contribution in [2.24, 2.45) is 0 Å². The van der Waals surface area contributed by atoms with Crippen LogP contribution in [0.4, 0.5) is 5.69 Å². The minimum Gasteiger partial charge on any atom is -0.493 e. The van der Waals surface area contributed by atoms with Crippen molar-refractivity contribution in [2.75, 3.05) is 32.8 Å². The zero-order valence-corrected chi connectivity index (χ0v) is 15.8. The van der Waals surface area contributed by atoms with Gasteiger partial charge in [-0.05, 0) is 24.3 Å². The Hall–Kier alpha value is -3.26. The molecule has 8 nitrogen and oxygen atoms in total. The topological polar surface area (TPSA) is 91.9 Å². The van der Waals surface area contributed by atoms with Gasteiger partial charge in [-0.3, -0.25) is 9.36 Å². The SMILES string of the molecule is COCCOc1cc(NC(=O)CCn2c(=O)oc3ccccc32)ccc1OC. The molecule has 0 radical (unpaired) electrons. The second-order valence-electron chi connectivity index (χ2n) is 5.99. The molecule has 1 aromatic heterocycles. The minimum absolute atomic E-state index is 0.120. The number of ether oxygens (including phenoxy) is 3. The summed E-state index contributed by atoms with van der Waals surface area (Å²) in [6.45, 7) is 1.02. The Morgan fingerprint density at radius 1 is 1.11 bits per heavy atom. The van der Waals surface area contributed by atoms with Crippen LogP contribution in [0.15, 0.2) is 51.7 Å². The molecule has 8 heteroatoms. The van der Waals surface area contributed by atoms with Crippen LogP contribution in [-0.4, -0.2) is 37.9 Å². The first-order valence-corrected chi connectivity index (χ1v) is 8.80. The molecule has 3 aromatic rings. The molecule has 28 heavy (non-hydrogen) atoms. The van der Waals surface area contributed by atoms with Gasteiger partial charge >= 0.3 is 5.76 Å². The van der Waals surface area contributed by atoms with Crippen LogP contribution in [0.3, 0.4) is 0 Å². The lowest BCUT2D eigenvalue weighted by Crippen LogP contribution is -2.19.